The molecule has 1 fully saturated rings. The molecule has 2 rings (SSSR count). The van der Waals surface area contributed by atoms with Gasteiger partial charge in [0.1, 0.15) is 0 Å². The molecule has 1 aliphatic rings. The molecule has 0 unspecified atom stereocenters. The van der Waals surface area contributed by atoms with Crippen LogP contribution in [0, 0.1) is 20.8 Å². The number of anilines is 1. The van der Waals surface area contributed by atoms with Gasteiger partial charge in [0, 0.05) is 18.8 Å². The van der Waals surface area contributed by atoms with Crippen LogP contribution in [0.25, 0.3) is 0 Å². The third kappa shape index (κ3) is 2.93. The fourth-order valence-corrected chi connectivity index (χ4v) is 5.90. The number of hydrogen-bond donors (Lipinski definition) is 1. The van der Waals surface area contributed by atoms with Crippen molar-refractivity contribution < 1.29 is 16.8 Å². The highest BCUT2D eigenvalue weighted by atomic mass is 32.2. The first-order chi connectivity index (χ1) is 9.56. The van der Waals surface area contributed by atoms with E-state index in [1.54, 1.807) is 19.9 Å². The summed E-state index contributed by atoms with van der Waals surface area (Å²) in [6.07, 6.45) is 0. The van der Waals surface area contributed by atoms with E-state index in [9.17, 15) is 16.8 Å². The molecular weight excluding hydrogens is 312 g/mol. The molecule has 1 heterocycles. The topological polar surface area (TPSA) is 97.5 Å². The van der Waals surface area contributed by atoms with Crippen molar-refractivity contribution in [1.29, 1.82) is 0 Å². The van der Waals surface area contributed by atoms with Crippen molar-refractivity contribution in [2.75, 3.05) is 30.3 Å². The largest absolute Gasteiger partial charge is 0.398 e. The smallest absolute Gasteiger partial charge is 0.243 e. The molecule has 6 nitrogen and oxygen atoms in total. The molecular formula is C13H20N2O4S2. The van der Waals surface area contributed by atoms with Gasteiger partial charge in [0.05, 0.1) is 16.4 Å². The van der Waals surface area contributed by atoms with Crippen molar-refractivity contribution >= 4 is 25.5 Å². The van der Waals surface area contributed by atoms with E-state index in [4.69, 9.17) is 5.73 Å². The number of nitrogens with zero attached hydrogens (tertiary/aromatic N) is 1. The van der Waals surface area contributed by atoms with Crippen molar-refractivity contribution in [1.82, 2.24) is 4.31 Å². The van der Waals surface area contributed by atoms with Gasteiger partial charge in [-0.05, 0) is 43.5 Å². The van der Waals surface area contributed by atoms with Crippen LogP contribution in [0.4, 0.5) is 5.69 Å². The molecule has 0 bridgehead atoms. The normalized spacial score (nSPS) is 19.6. The molecule has 21 heavy (non-hydrogen) atoms. The molecule has 118 valence electrons. The lowest BCUT2D eigenvalue weighted by Crippen LogP contribution is -2.44. The average molecular weight is 332 g/mol. The number of rotatable bonds is 2. The van der Waals surface area contributed by atoms with Gasteiger partial charge >= 0.3 is 0 Å². The van der Waals surface area contributed by atoms with Gasteiger partial charge in [-0.1, -0.05) is 0 Å². The lowest BCUT2D eigenvalue weighted by Gasteiger charge is -2.28. The lowest BCUT2D eigenvalue weighted by molar-refractivity contribution is 0.430. The Morgan fingerprint density at radius 2 is 1.62 bits per heavy atom. The van der Waals surface area contributed by atoms with Crippen molar-refractivity contribution in [3.05, 3.63) is 22.8 Å². The quantitative estimate of drug-likeness (QED) is 0.800. The Labute approximate surface area is 125 Å². The second-order valence-electron chi connectivity index (χ2n) is 5.42. The summed E-state index contributed by atoms with van der Waals surface area (Å²) in [6, 6.07) is 1.75. The van der Waals surface area contributed by atoms with E-state index in [1.807, 2.05) is 6.92 Å². The van der Waals surface area contributed by atoms with Crippen LogP contribution in [-0.2, 0) is 19.9 Å². The third-order valence-electron chi connectivity index (χ3n) is 3.98. The molecule has 0 aliphatic carbocycles. The summed E-state index contributed by atoms with van der Waals surface area (Å²) in [5.74, 6) is -0.267. The predicted octanol–water partition coefficient (Wildman–Crippen LogP) is 0.613. The zero-order valence-corrected chi connectivity index (χ0v) is 14.0. The first kappa shape index (κ1) is 16.3. The zero-order chi connectivity index (χ0) is 16.0. The van der Waals surface area contributed by atoms with Crippen LogP contribution >= 0.6 is 0 Å². The molecule has 1 aromatic rings. The van der Waals surface area contributed by atoms with Gasteiger partial charge in [-0.25, -0.2) is 16.8 Å². The van der Waals surface area contributed by atoms with Gasteiger partial charge in [0.15, 0.2) is 9.84 Å². The Morgan fingerprint density at radius 1 is 1.10 bits per heavy atom. The number of sulfone groups is 1. The first-order valence-electron chi connectivity index (χ1n) is 6.63. The van der Waals surface area contributed by atoms with E-state index < -0.39 is 19.9 Å². The lowest BCUT2D eigenvalue weighted by atomic mass is 10.1. The summed E-state index contributed by atoms with van der Waals surface area (Å²) >= 11 is 0. The highest BCUT2D eigenvalue weighted by Crippen LogP contribution is 2.30. The summed E-state index contributed by atoms with van der Waals surface area (Å²) in [4.78, 5) is 0.208. The van der Waals surface area contributed by atoms with Crippen molar-refractivity contribution in [3.8, 4) is 0 Å². The Bertz CT molecular complexity index is 743. The van der Waals surface area contributed by atoms with Crippen LogP contribution in [0.5, 0.6) is 0 Å². The van der Waals surface area contributed by atoms with E-state index in [0.717, 1.165) is 5.56 Å². The maximum absolute atomic E-state index is 12.8. The summed E-state index contributed by atoms with van der Waals surface area (Å²) < 4.78 is 49.8. The van der Waals surface area contributed by atoms with Gasteiger partial charge in [-0.15, -0.1) is 0 Å². The predicted molar refractivity (Wildman–Crippen MR) is 82.5 cm³/mol. The first-order valence-corrected chi connectivity index (χ1v) is 9.89. The molecule has 0 atom stereocenters. The zero-order valence-electron chi connectivity index (χ0n) is 12.4. The van der Waals surface area contributed by atoms with Gasteiger partial charge in [-0.2, -0.15) is 4.31 Å². The fourth-order valence-electron chi connectivity index (χ4n) is 2.49. The minimum absolute atomic E-state index is 0.00259. The third-order valence-corrected chi connectivity index (χ3v) is 7.76. The molecule has 0 amide bonds. The molecule has 0 aromatic heterocycles. The Kier molecular flexibility index (Phi) is 4.07. The van der Waals surface area contributed by atoms with Crippen molar-refractivity contribution in [2.45, 2.75) is 25.7 Å². The molecule has 1 aliphatic heterocycles. The van der Waals surface area contributed by atoms with Gasteiger partial charge < -0.3 is 5.73 Å². The average Bonchev–Trinajstić information content (AvgIpc) is 2.36. The molecule has 1 saturated heterocycles. The SMILES string of the molecule is Cc1cc(N)c(C)c(S(=O)(=O)N2CCS(=O)(=O)CC2)c1C. The number of nitrogens with two attached hydrogens (primary N) is 1. The van der Waals surface area contributed by atoms with Crippen molar-refractivity contribution in [3.63, 3.8) is 0 Å². The van der Waals surface area contributed by atoms with E-state index >= 15 is 0 Å². The number of sulfonamides is 1. The second-order valence-corrected chi connectivity index (χ2v) is 9.60. The van der Waals surface area contributed by atoms with Crippen LogP contribution in [0.2, 0.25) is 0 Å². The standard InChI is InChI=1S/C13H20N2O4S2/c1-9-8-12(14)11(3)13(10(9)2)21(18,19)15-4-6-20(16,17)7-5-15/h8H,4-7,14H2,1-3H3. The monoisotopic (exact) mass is 332 g/mol. The molecule has 8 heteroatoms. The second kappa shape index (κ2) is 5.26. The Balaban J connectivity index is 2.51. The highest BCUT2D eigenvalue weighted by molar-refractivity contribution is 7.92. The maximum atomic E-state index is 12.8. The Hall–Kier alpha value is -1.12. The maximum Gasteiger partial charge on any atom is 0.243 e. The van der Waals surface area contributed by atoms with Crippen LogP contribution < -0.4 is 5.73 Å². The Morgan fingerprint density at radius 3 is 2.14 bits per heavy atom. The summed E-state index contributed by atoms with van der Waals surface area (Å²) in [5.41, 5.74) is 8.30. The number of aryl methyl sites for hydroxylation is 1. The van der Waals surface area contributed by atoms with Crippen LogP contribution in [0.1, 0.15) is 16.7 Å². The van der Waals surface area contributed by atoms with Gasteiger partial charge in [-0.3, -0.25) is 0 Å². The highest BCUT2D eigenvalue weighted by Gasteiger charge is 2.33. The van der Waals surface area contributed by atoms with Crippen LogP contribution in [0.15, 0.2) is 11.0 Å². The molecule has 0 radical (unpaired) electrons. The van der Waals surface area contributed by atoms with E-state index in [0.29, 0.717) is 16.8 Å². The van der Waals surface area contributed by atoms with E-state index in [2.05, 4.69) is 0 Å². The van der Waals surface area contributed by atoms with Crippen molar-refractivity contribution in [2.24, 2.45) is 0 Å². The molecule has 2 N–H and O–H groups in total. The summed E-state index contributed by atoms with van der Waals surface area (Å²) in [5, 5.41) is 0. The molecule has 0 spiro atoms. The minimum atomic E-state index is -3.73. The number of benzene rings is 1. The summed E-state index contributed by atoms with van der Waals surface area (Å²) in [7, 11) is -6.86. The van der Waals surface area contributed by atoms with E-state index in [1.165, 1.54) is 4.31 Å². The van der Waals surface area contributed by atoms with Crippen LogP contribution in [-0.4, -0.2) is 45.7 Å². The molecule has 0 saturated carbocycles. The number of nitrogen functional groups attached to an aromatic ring is 1. The molecule has 1 aromatic carbocycles. The van der Waals surface area contributed by atoms with Gasteiger partial charge in [0.2, 0.25) is 10.0 Å². The summed E-state index contributed by atoms with van der Waals surface area (Å²) in [6.45, 7) is 5.23. The van der Waals surface area contributed by atoms with Crippen LogP contribution in [0.3, 0.4) is 0 Å². The minimum Gasteiger partial charge on any atom is -0.398 e. The van der Waals surface area contributed by atoms with E-state index in [-0.39, 0.29) is 29.5 Å². The fraction of sp³-hybridized carbons (Fsp3) is 0.538. The van der Waals surface area contributed by atoms with Gasteiger partial charge in [0.25, 0.3) is 0 Å². The number of hydrogen-bond acceptors (Lipinski definition) is 5.